The van der Waals surface area contributed by atoms with Gasteiger partial charge in [-0.05, 0) is 82.5 Å². The van der Waals surface area contributed by atoms with Gasteiger partial charge in [0.2, 0.25) is 11.5 Å². The van der Waals surface area contributed by atoms with Gasteiger partial charge in [-0.3, -0.25) is 9.68 Å². The topological polar surface area (TPSA) is 109 Å². The van der Waals surface area contributed by atoms with Crippen LogP contribution in [-0.2, 0) is 25.9 Å². The Balaban J connectivity index is 1.86. The molecular formula is C24H33N4O6+. The Hall–Kier alpha value is -3.66. The number of aryl methyl sites for hydroxylation is 2. The van der Waals surface area contributed by atoms with Gasteiger partial charge in [0.25, 0.3) is 4.98 Å². The van der Waals surface area contributed by atoms with E-state index in [9.17, 15) is 14.5 Å². The largest absolute Gasteiger partial charge is 0.476 e. The molecule has 0 radical (unpaired) electrons. The number of amides is 1. The van der Waals surface area contributed by atoms with Gasteiger partial charge < -0.3 is 10.1 Å². The monoisotopic (exact) mass is 473 g/mol. The number of carbonyl (C=O) groups is 2. The van der Waals surface area contributed by atoms with Crippen molar-refractivity contribution in [2.45, 2.75) is 53.6 Å². The molecule has 0 heterocycles. The van der Waals surface area contributed by atoms with Crippen molar-refractivity contribution in [3.8, 4) is 5.75 Å². The SMILES string of the molecule is CCN(CC)[N+](=O)NOOC(=O)C(C)(C)Oc1ccc(CC(=O)Nc2cc(C)cc(C)c2)cc1. The number of hydrogen-bond donors (Lipinski definition) is 2. The highest BCUT2D eigenvalue weighted by Crippen LogP contribution is 2.21. The number of hydrogen-bond acceptors (Lipinski definition) is 6. The van der Waals surface area contributed by atoms with Crippen LogP contribution in [0.25, 0.3) is 0 Å². The van der Waals surface area contributed by atoms with Gasteiger partial charge in [0.05, 0.1) is 30.0 Å². The molecule has 2 aromatic carbocycles. The van der Waals surface area contributed by atoms with Gasteiger partial charge in [-0.1, -0.05) is 18.2 Å². The number of nitrogens with one attached hydrogen (secondary N) is 2. The zero-order valence-electron chi connectivity index (χ0n) is 20.5. The molecule has 10 heteroatoms. The fraction of sp³-hybridized carbons (Fsp3) is 0.417. The zero-order chi connectivity index (χ0) is 25.3. The van der Waals surface area contributed by atoms with Gasteiger partial charge in [-0.2, -0.15) is 0 Å². The van der Waals surface area contributed by atoms with E-state index < -0.39 is 11.6 Å². The fourth-order valence-corrected chi connectivity index (χ4v) is 3.18. The zero-order valence-corrected chi connectivity index (χ0v) is 20.5. The highest BCUT2D eigenvalue weighted by molar-refractivity contribution is 5.92. The minimum atomic E-state index is -1.40. The Morgan fingerprint density at radius 3 is 2.15 bits per heavy atom. The molecule has 10 nitrogen and oxygen atoms in total. The third kappa shape index (κ3) is 8.04. The maximum absolute atomic E-state index is 12.4. The standard InChI is InChI=1S/C24H32N4O6/c1-7-27(8-2)28(31)26-34-33-23(30)24(5,6)32-21-11-9-19(10-12-21)16-22(29)25-20-14-17(3)13-18(4)15-20/h9-15H,7-8,16H2,1-6H3,(H-,25,26,29,31)/p+1. The first-order valence-corrected chi connectivity index (χ1v) is 11.1. The van der Waals surface area contributed by atoms with Crippen LogP contribution in [0.15, 0.2) is 42.5 Å². The molecule has 2 N–H and O–H groups in total. The summed E-state index contributed by atoms with van der Waals surface area (Å²) in [7, 11) is 0. The third-order valence-electron chi connectivity index (χ3n) is 4.88. The van der Waals surface area contributed by atoms with E-state index >= 15 is 0 Å². The highest BCUT2D eigenvalue weighted by atomic mass is 17.3. The Morgan fingerprint density at radius 2 is 1.59 bits per heavy atom. The lowest BCUT2D eigenvalue weighted by molar-refractivity contribution is -0.804. The van der Waals surface area contributed by atoms with Crippen molar-refractivity contribution in [3.05, 3.63) is 64.1 Å². The molecule has 0 aliphatic heterocycles. The normalized spacial score (nSPS) is 10.9. The second kappa shape index (κ2) is 12.0. The Kier molecular flexibility index (Phi) is 9.37. The Labute approximate surface area is 199 Å². The summed E-state index contributed by atoms with van der Waals surface area (Å²) in [5.41, 5.74) is 4.27. The molecule has 2 rings (SSSR count). The maximum atomic E-state index is 12.4. The van der Waals surface area contributed by atoms with Crippen LogP contribution in [0, 0.1) is 18.8 Å². The first-order valence-electron chi connectivity index (χ1n) is 11.1. The van der Waals surface area contributed by atoms with Crippen molar-refractivity contribution in [3.63, 3.8) is 0 Å². The van der Waals surface area contributed by atoms with E-state index in [1.165, 1.54) is 18.9 Å². The highest BCUT2D eigenvalue weighted by Gasteiger charge is 2.34. The van der Waals surface area contributed by atoms with Crippen molar-refractivity contribution in [1.82, 2.24) is 10.6 Å². The van der Waals surface area contributed by atoms with Crippen molar-refractivity contribution in [2.24, 2.45) is 0 Å². The van der Waals surface area contributed by atoms with E-state index in [1.54, 1.807) is 38.1 Å². The van der Waals surface area contributed by atoms with Crippen molar-refractivity contribution in [1.29, 1.82) is 0 Å². The number of ether oxygens (including phenoxy) is 1. The van der Waals surface area contributed by atoms with Gasteiger partial charge in [-0.25, -0.2) is 4.79 Å². The van der Waals surface area contributed by atoms with Crippen molar-refractivity contribution in [2.75, 3.05) is 18.4 Å². The molecule has 0 aromatic heterocycles. The van der Waals surface area contributed by atoms with Gasteiger partial charge in [0.15, 0.2) is 0 Å². The van der Waals surface area contributed by atoms with Crippen molar-refractivity contribution >= 4 is 17.6 Å². The van der Waals surface area contributed by atoms with Crippen LogP contribution in [0.4, 0.5) is 5.69 Å². The molecule has 0 atom stereocenters. The lowest BCUT2D eigenvalue weighted by atomic mass is 10.1. The molecule has 0 bridgehead atoms. The number of hydrazine groups is 2. The molecule has 0 fully saturated rings. The van der Waals surface area contributed by atoms with Crippen LogP contribution < -0.4 is 15.6 Å². The molecule has 0 saturated heterocycles. The minimum Gasteiger partial charge on any atom is -0.476 e. The molecule has 2 aromatic rings. The van der Waals surface area contributed by atoms with E-state index in [0.717, 1.165) is 22.4 Å². The van der Waals surface area contributed by atoms with Crippen LogP contribution >= 0.6 is 0 Å². The number of nitrogens with zero attached hydrogens (tertiary/aromatic N) is 2. The molecule has 1 amide bonds. The van der Waals surface area contributed by atoms with Gasteiger partial charge in [0.1, 0.15) is 5.75 Å². The molecule has 0 saturated carbocycles. The fourth-order valence-electron chi connectivity index (χ4n) is 3.18. The third-order valence-corrected chi connectivity index (χ3v) is 4.88. The van der Waals surface area contributed by atoms with Gasteiger partial charge in [0, 0.05) is 10.7 Å². The summed E-state index contributed by atoms with van der Waals surface area (Å²) in [5.74, 6) is -0.573. The summed E-state index contributed by atoms with van der Waals surface area (Å²) < 4.78 is 5.71. The van der Waals surface area contributed by atoms with Gasteiger partial charge >= 0.3 is 5.97 Å². The van der Waals surface area contributed by atoms with Crippen LogP contribution in [0.5, 0.6) is 5.75 Å². The van der Waals surface area contributed by atoms with E-state index in [0.29, 0.717) is 23.8 Å². The minimum absolute atomic E-state index is 0.135. The molecule has 0 aliphatic carbocycles. The van der Waals surface area contributed by atoms with Crippen LogP contribution in [0.2, 0.25) is 0 Å². The number of rotatable bonds is 12. The Morgan fingerprint density at radius 1 is 1.00 bits per heavy atom. The summed E-state index contributed by atoms with van der Waals surface area (Å²) in [5, 5.41) is 4.28. The maximum Gasteiger partial charge on any atom is 0.387 e. The summed E-state index contributed by atoms with van der Waals surface area (Å²) in [4.78, 5) is 45.9. The molecule has 34 heavy (non-hydrogen) atoms. The smallest absolute Gasteiger partial charge is 0.387 e. The summed E-state index contributed by atoms with van der Waals surface area (Å²) in [6.45, 7) is 11.4. The second-order valence-electron chi connectivity index (χ2n) is 8.31. The number of benzene rings is 2. The number of nitroso groups, excluding NO2 is 1. The number of anilines is 1. The quantitative estimate of drug-likeness (QED) is 0.274. The summed E-state index contributed by atoms with van der Waals surface area (Å²) >= 11 is 0. The lowest BCUT2D eigenvalue weighted by Crippen LogP contribution is -2.45. The lowest BCUT2D eigenvalue weighted by Gasteiger charge is -2.22. The van der Waals surface area contributed by atoms with Crippen LogP contribution in [0.1, 0.15) is 44.4 Å². The Bertz CT molecular complexity index is 983. The number of carbonyl (C=O) groups excluding carboxylic acids is 2. The van der Waals surface area contributed by atoms with Crippen molar-refractivity contribution < 1.29 is 29.2 Å². The van der Waals surface area contributed by atoms with Crippen LogP contribution in [0.3, 0.4) is 0 Å². The molecular weight excluding hydrogens is 440 g/mol. The first kappa shape index (κ1) is 26.6. The predicted molar refractivity (Wildman–Crippen MR) is 126 cm³/mol. The van der Waals surface area contributed by atoms with E-state index in [-0.39, 0.29) is 12.3 Å². The van der Waals surface area contributed by atoms with Crippen LogP contribution in [-0.4, -0.2) is 40.6 Å². The van der Waals surface area contributed by atoms with E-state index in [2.05, 4.69) is 15.2 Å². The predicted octanol–water partition coefficient (Wildman–Crippen LogP) is 3.57. The molecule has 0 unspecified atom stereocenters. The van der Waals surface area contributed by atoms with Gasteiger partial charge in [-0.15, -0.1) is 5.01 Å². The summed E-state index contributed by atoms with van der Waals surface area (Å²) in [6.07, 6.45) is 0.191. The molecule has 0 aliphatic rings. The average molecular weight is 474 g/mol. The van der Waals surface area contributed by atoms with E-state index in [1.807, 2.05) is 37.6 Å². The van der Waals surface area contributed by atoms with E-state index in [4.69, 9.17) is 4.74 Å². The second-order valence-corrected chi connectivity index (χ2v) is 8.31. The molecule has 0 spiro atoms. The average Bonchev–Trinajstić information content (AvgIpc) is 2.75. The molecule has 184 valence electrons. The summed E-state index contributed by atoms with van der Waals surface area (Å²) in [6, 6.07) is 12.7. The first-order chi connectivity index (χ1) is 16.0.